The standard InChI is InChI=1S/C47H59N7O6/c1-24(2)32(21-41(55)59-9)45(56)53-22-26(5)15-39(53)43-48-35-13-11-30(19-37(35)50-43)33-17-29(8)34(18-28(33)7)31-12-14-36-38(20-31)51-44(49-36)40-16-27(6)23-54(40)46(57)42(25(3)4)52-47(58)60-10/h11-14,17-20,24-27,32,39-40,42H,15-16,21-23H2,1-10H3,(H,48,50)(H,49,51)(H,52,58)/t26-,27-,32-,39-,40-,42-/m0/s1. The van der Waals surface area contributed by atoms with Crippen LogP contribution in [-0.4, -0.2) is 87.0 Å². The Balaban J connectivity index is 1.13. The normalized spacial score (nSPS) is 20.3. The number of esters is 1. The maximum Gasteiger partial charge on any atom is 0.407 e. The predicted octanol–water partition coefficient (Wildman–Crippen LogP) is 8.42. The Hall–Kier alpha value is -5.72. The van der Waals surface area contributed by atoms with Gasteiger partial charge in [-0.2, -0.15) is 0 Å². The van der Waals surface area contributed by atoms with Gasteiger partial charge in [0.15, 0.2) is 0 Å². The van der Waals surface area contributed by atoms with Gasteiger partial charge in [-0.1, -0.05) is 65.8 Å². The fourth-order valence-electron chi connectivity index (χ4n) is 9.21. The molecule has 2 aliphatic heterocycles. The highest BCUT2D eigenvalue weighted by molar-refractivity contribution is 5.89. The largest absolute Gasteiger partial charge is 0.469 e. The number of carbonyl (C=O) groups excluding carboxylic acids is 4. The molecule has 3 N–H and O–H groups in total. The van der Waals surface area contributed by atoms with E-state index >= 15 is 0 Å². The molecule has 3 amide bonds. The third kappa shape index (κ3) is 8.35. The minimum atomic E-state index is -0.706. The number of hydrogen-bond acceptors (Lipinski definition) is 8. The first-order valence-electron chi connectivity index (χ1n) is 21.2. The van der Waals surface area contributed by atoms with Crippen LogP contribution in [0, 0.1) is 43.4 Å². The molecule has 5 aromatic rings. The van der Waals surface area contributed by atoms with Crippen molar-refractivity contribution in [3.05, 3.63) is 71.3 Å². The zero-order valence-corrected chi connectivity index (χ0v) is 36.5. The second-order valence-corrected chi connectivity index (χ2v) is 17.9. The highest BCUT2D eigenvalue weighted by Crippen LogP contribution is 2.40. The number of methoxy groups -OCH3 is 2. The molecule has 3 aromatic carbocycles. The number of benzene rings is 3. The summed E-state index contributed by atoms with van der Waals surface area (Å²) in [6.07, 6.45) is 0.994. The van der Waals surface area contributed by atoms with E-state index in [1.165, 1.54) is 14.2 Å². The highest BCUT2D eigenvalue weighted by Gasteiger charge is 2.41. The molecule has 6 atom stereocenters. The summed E-state index contributed by atoms with van der Waals surface area (Å²) in [5.74, 6) is 0.937. The van der Waals surface area contributed by atoms with Gasteiger partial charge in [-0.3, -0.25) is 14.4 Å². The van der Waals surface area contributed by atoms with Gasteiger partial charge in [0.1, 0.15) is 17.7 Å². The predicted molar refractivity (Wildman–Crippen MR) is 232 cm³/mol. The zero-order valence-electron chi connectivity index (χ0n) is 36.5. The van der Waals surface area contributed by atoms with Crippen molar-refractivity contribution >= 4 is 45.9 Å². The molecule has 0 radical (unpaired) electrons. The van der Waals surface area contributed by atoms with Crippen LogP contribution in [0.4, 0.5) is 4.79 Å². The number of H-pyrrole nitrogens is 2. The van der Waals surface area contributed by atoms with E-state index in [0.29, 0.717) is 19.0 Å². The topological polar surface area (TPSA) is 163 Å². The van der Waals surface area contributed by atoms with Gasteiger partial charge >= 0.3 is 12.1 Å². The molecule has 0 bridgehead atoms. The van der Waals surface area contributed by atoms with Crippen LogP contribution in [-0.2, 0) is 23.9 Å². The van der Waals surface area contributed by atoms with Crippen LogP contribution >= 0.6 is 0 Å². The lowest BCUT2D eigenvalue weighted by Gasteiger charge is -2.30. The second kappa shape index (κ2) is 17.1. The van der Waals surface area contributed by atoms with Crippen LogP contribution in [0.25, 0.3) is 44.3 Å². The van der Waals surface area contributed by atoms with Crippen LogP contribution in [0.1, 0.15) is 95.7 Å². The lowest BCUT2D eigenvalue weighted by Crippen LogP contribution is -2.51. The average Bonchev–Trinajstić information content (AvgIpc) is 4.02. The summed E-state index contributed by atoms with van der Waals surface area (Å²) in [7, 11) is 2.66. The highest BCUT2D eigenvalue weighted by atomic mass is 16.5. The maximum atomic E-state index is 13.9. The van der Waals surface area contributed by atoms with Crippen molar-refractivity contribution in [2.45, 2.75) is 92.8 Å². The quantitative estimate of drug-likeness (QED) is 0.112. The van der Waals surface area contributed by atoms with E-state index in [-0.39, 0.29) is 54.0 Å². The first kappa shape index (κ1) is 42.4. The number of carbonyl (C=O) groups is 4. The van der Waals surface area contributed by atoms with Gasteiger partial charge in [0.25, 0.3) is 0 Å². The summed E-state index contributed by atoms with van der Waals surface area (Å²) < 4.78 is 9.73. The second-order valence-electron chi connectivity index (χ2n) is 17.9. The Morgan fingerprint density at radius 3 is 1.63 bits per heavy atom. The van der Waals surface area contributed by atoms with Gasteiger partial charge in [-0.15, -0.1) is 0 Å². The van der Waals surface area contributed by atoms with Crippen LogP contribution < -0.4 is 5.32 Å². The molecule has 0 spiro atoms. The lowest BCUT2D eigenvalue weighted by molar-refractivity contribution is -0.148. The number of hydrogen-bond donors (Lipinski definition) is 3. The molecule has 0 unspecified atom stereocenters. The number of nitrogens with zero attached hydrogens (tertiary/aromatic N) is 4. The molecule has 0 saturated carbocycles. The fourth-order valence-corrected chi connectivity index (χ4v) is 9.21. The van der Waals surface area contributed by atoms with Crippen molar-refractivity contribution in [2.24, 2.45) is 29.6 Å². The smallest absolute Gasteiger partial charge is 0.407 e. The van der Waals surface area contributed by atoms with Gasteiger partial charge < -0.3 is 34.6 Å². The van der Waals surface area contributed by atoms with Gasteiger partial charge in [-0.25, -0.2) is 14.8 Å². The van der Waals surface area contributed by atoms with Gasteiger partial charge in [0.2, 0.25) is 11.8 Å². The van der Waals surface area contributed by atoms with Crippen LogP contribution in [0.3, 0.4) is 0 Å². The SMILES string of the molecule is COC(=O)C[C@H](C(=O)N1C[C@@H](C)C[C@H]1c1nc2ccc(-c3cc(C)c(-c4ccc5nc([C@@H]6C[C@H](C)CN6C(=O)[C@@H](NC(=O)OC)C(C)C)[nH]c5c4)cc3C)cc2[nH]1)C(C)C. The molecule has 2 saturated heterocycles. The Morgan fingerprint density at radius 1 is 0.717 bits per heavy atom. The number of fused-ring (bicyclic) bond motifs is 2. The number of aromatic amines is 2. The van der Waals surface area contributed by atoms with Crippen LogP contribution in [0.15, 0.2) is 48.5 Å². The number of ether oxygens (including phenoxy) is 2. The number of aromatic nitrogens is 4. The number of alkyl carbamates (subject to hydrolysis) is 1. The third-order valence-corrected chi connectivity index (χ3v) is 12.5. The number of likely N-dealkylation sites (tertiary alicyclic amines) is 2. The van der Waals surface area contributed by atoms with E-state index in [2.05, 4.69) is 79.4 Å². The molecule has 0 aliphatic carbocycles. The van der Waals surface area contributed by atoms with Crippen LogP contribution in [0.2, 0.25) is 0 Å². The summed E-state index contributed by atoms with van der Waals surface area (Å²) >= 11 is 0. The average molecular weight is 818 g/mol. The van der Waals surface area contributed by atoms with E-state index in [1.54, 1.807) is 0 Å². The molecule has 60 heavy (non-hydrogen) atoms. The zero-order chi connectivity index (χ0) is 43.2. The Morgan fingerprint density at radius 2 is 1.20 bits per heavy atom. The first-order chi connectivity index (χ1) is 28.6. The third-order valence-electron chi connectivity index (χ3n) is 12.5. The summed E-state index contributed by atoms with van der Waals surface area (Å²) in [6.45, 7) is 17.5. The van der Waals surface area contributed by atoms with Gasteiger partial charge in [0, 0.05) is 13.1 Å². The molecule has 318 valence electrons. The Labute approximate surface area is 352 Å². The maximum absolute atomic E-state index is 13.9. The van der Waals surface area contributed by atoms with Gasteiger partial charge in [0.05, 0.1) is 60.7 Å². The fraction of sp³-hybridized carbons (Fsp3) is 0.489. The summed E-state index contributed by atoms with van der Waals surface area (Å²) in [6, 6.07) is 15.8. The van der Waals surface area contributed by atoms with E-state index in [1.807, 2.05) is 49.6 Å². The van der Waals surface area contributed by atoms with Crippen LogP contribution in [0.5, 0.6) is 0 Å². The summed E-state index contributed by atoms with van der Waals surface area (Å²) in [5.41, 5.74) is 10.1. The van der Waals surface area contributed by atoms with Crippen molar-refractivity contribution in [3.63, 3.8) is 0 Å². The minimum Gasteiger partial charge on any atom is -0.469 e. The Bertz CT molecular complexity index is 2270. The number of imidazole rings is 2. The van der Waals surface area contributed by atoms with Crippen molar-refractivity contribution in [1.82, 2.24) is 35.1 Å². The molecular formula is C47H59N7O6. The minimum absolute atomic E-state index is 0.0100. The molecule has 2 fully saturated rings. The van der Waals surface area contributed by atoms with E-state index in [4.69, 9.17) is 19.4 Å². The van der Waals surface area contributed by atoms with Crippen molar-refractivity contribution < 1.29 is 28.7 Å². The summed E-state index contributed by atoms with van der Waals surface area (Å²) in [4.78, 5) is 72.9. The first-order valence-corrected chi connectivity index (χ1v) is 21.2. The van der Waals surface area contributed by atoms with Crippen molar-refractivity contribution in [1.29, 1.82) is 0 Å². The molecule has 4 heterocycles. The van der Waals surface area contributed by atoms with Gasteiger partial charge in [-0.05, 0) is 108 Å². The molecule has 13 nitrogen and oxygen atoms in total. The lowest BCUT2D eigenvalue weighted by atomic mass is 9.91. The molecular weight excluding hydrogens is 759 g/mol. The number of rotatable bonds is 11. The van der Waals surface area contributed by atoms with E-state index in [9.17, 15) is 19.2 Å². The number of nitrogens with one attached hydrogen (secondary N) is 3. The van der Waals surface area contributed by atoms with Crippen molar-refractivity contribution in [3.8, 4) is 22.3 Å². The van der Waals surface area contributed by atoms with E-state index in [0.717, 1.165) is 79.9 Å². The summed E-state index contributed by atoms with van der Waals surface area (Å²) in [5, 5.41) is 2.73. The van der Waals surface area contributed by atoms with Crippen molar-refractivity contribution in [2.75, 3.05) is 27.3 Å². The molecule has 13 heteroatoms. The molecule has 7 rings (SSSR count). The van der Waals surface area contributed by atoms with E-state index < -0.39 is 18.1 Å². The number of amides is 3. The Kier molecular flexibility index (Phi) is 12.1. The molecule has 2 aromatic heterocycles. The number of aryl methyl sites for hydroxylation is 2. The molecule has 2 aliphatic rings. The monoisotopic (exact) mass is 817 g/mol.